The molecule has 0 aromatic carbocycles. The number of carbonyl (C=O) groups is 1. The second-order valence-electron chi connectivity index (χ2n) is 3.45. The third-order valence-corrected chi connectivity index (χ3v) is 4.07. The zero-order valence-corrected chi connectivity index (χ0v) is 10.7. The van der Waals surface area contributed by atoms with Gasteiger partial charge in [0.15, 0.2) is 6.29 Å². The summed E-state index contributed by atoms with van der Waals surface area (Å²) in [6, 6.07) is 3.85. The number of rotatable bonds is 3. The zero-order chi connectivity index (χ0) is 12.4. The van der Waals surface area contributed by atoms with Crippen LogP contribution in [0, 0.1) is 0 Å². The molecule has 3 heterocycles. The van der Waals surface area contributed by atoms with Gasteiger partial charge in [-0.05, 0) is 12.1 Å². The van der Waals surface area contributed by atoms with Gasteiger partial charge in [0.2, 0.25) is 0 Å². The first-order valence-corrected chi connectivity index (χ1v) is 6.84. The van der Waals surface area contributed by atoms with Crippen molar-refractivity contribution >= 4 is 29.0 Å². The first-order chi connectivity index (χ1) is 8.86. The number of hydrogen-bond donors (Lipinski definition) is 0. The Labute approximate surface area is 111 Å². The first kappa shape index (κ1) is 11.2. The molecule has 3 rings (SSSR count). The summed E-state index contributed by atoms with van der Waals surface area (Å²) in [6.07, 6.45) is 5.86. The molecule has 18 heavy (non-hydrogen) atoms. The highest BCUT2D eigenvalue weighted by atomic mass is 32.1. The fraction of sp³-hybridized carbons (Fsp3) is 0. The van der Waals surface area contributed by atoms with Crippen LogP contribution >= 0.6 is 22.7 Å². The van der Waals surface area contributed by atoms with Gasteiger partial charge in [-0.15, -0.1) is 22.7 Å². The Morgan fingerprint density at radius 2 is 2.06 bits per heavy atom. The predicted molar refractivity (Wildman–Crippen MR) is 71.8 cm³/mol. The van der Waals surface area contributed by atoms with E-state index in [9.17, 15) is 4.79 Å². The van der Waals surface area contributed by atoms with Crippen molar-refractivity contribution in [2.45, 2.75) is 0 Å². The molecule has 0 spiro atoms. The lowest BCUT2D eigenvalue weighted by Crippen LogP contribution is -1.83. The zero-order valence-electron chi connectivity index (χ0n) is 9.11. The van der Waals surface area contributed by atoms with Crippen molar-refractivity contribution in [2.24, 2.45) is 0 Å². The predicted octanol–water partition coefficient (Wildman–Crippen LogP) is 3.14. The molecular formula is C12H7N3OS2. The molecule has 0 bridgehead atoms. The topological polar surface area (TPSA) is 55.7 Å². The molecule has 4 nitrogen and oxygen atoms in total. The molecule has 0 N–H and O–H groups in total. The van der Waals surface area contributed by atoms with Crippen molar-refractivity contribution in [3.63, 3.8) is 0 Å². The smallest absolute Gasteiger partial charge is 0.161 e. The van der Waals surface area contributed by atoms with Crippen LogP contribution in [0.1, 0.15) is 9.67 Å². The molecule has 0 radical (unpaired) electrons. The maximum Gasteiger partial charge on any atom is 0.161 e. The van der Waals surface area contributed by atoms with Gasteiger partial charge in [-0.1, -0.05) is 0 Å². The number of aldehydes is 1. The van der Waals surface area contributed by atoms with Gasteiger partial charge in [0.1, 0.15) is 10.0 Å². The Kier molecular flexibility index (Phi) is 2.95. The lowest BCUT2D eigenvalue weighted by Gasteiger charge is -1.98. The van der Waals surface area contributed by atoms with E-state index in [1.807, 2.05) is 17.5 Å². The molecule has 0 amide bonds. The van der Waals surface area contributed by atoms with Gasteiger partial charge in [-0.25, -0.2) is 9.97 Å². The van der Waals surface area contributed by atoms with Gasteiger partial charge < -0.3 is 0 Å². The van der Waals surface area contributed by atoms with E-state index in [2.05, 4.69) is 15.0 Å². The monoisotopic (exact) mass is 273 g/mol. The van der Waals surface area contributed by atoms with Crippen LogP contribution in [0.3, 0.4) is 0 Å². The van der Waals surface area contributed by atoms with Crippen LogP contribution in [0.5, 0.6) is 0 Å². The average Bonchev–Trinajstić information content (AvgIpc) is 3.10. The van der Waals surface area contributed by atoms with E-state index in [4.69, 9.17) is 0 Å². The number of thiazole rings is 2. The molecule has 0 fully saturated rings. The highest BCUT2D eigenvalue weighted by molar-refractivity contribution is 7.16. The second-order valence-corrected chi connectivity index (χ2v) is 5.41. The number of carbonyl (C=O) groups excluding carboxylic acids is 1. The third kappa shape index (κ3) is 2.07. The highest BCUT2D eigenvalue weighted by Gasteiger charge is 2.08. The molecule has 0 saturated heterocycles. The van der Waals surface area contributed by atoms with Gasteiger partial charge >= 0.3 is 0 Å². The van der Waals surface area contributed by atoms with Crippen LogP contribution in [0.2, 0.25) is 0 Å². The van der Waals surface area contributed by atoms with Crippen molar-refractivity contribution < 1.29 is 4.79 Å². The third-order valence-electron chi connectivity index (χ3n) is 2.30. The van der Waals surface area contributed by atoms with Crippen molar-refractivity contribution in [1.82, 2.24) is 15.0 Å². The largest absolute Gasteiger partial charge is 0.297 e. The molecule has 0 aliphatic heterocycles. The molecule has 0 aliphatic carbocycles. The Morgan fingerprint density at radius 1 is 1.11 bits per heavy atom. The van der Waals surface area contributed by atoms with Crippen LogP contribution in [0.4, 0.5) is 0 Å². The summed E-state index contributed by atoms with van der Waals surface area (Å²) in [5.74, 6) is 0. The van der Waals surface area contributed by atoms with Gasteiger partial charge in [0.05, 0.1) is 10.6 Å². The average molecular weight is 273 g/mol. The van der Waals surface area contributed by atoms with Crippen LogP contribution in [-0.2, 0) is 0 Å². The minimum atomic E-state index is 0.603. The molecule has 88 valence electrons. The van der Waals surface area contributed by atoms with Gasteiger partial charge in [0.25, 0.3) is 0 Å². The molecule has 0 unspecified atom stereocenters. The molecule has 3 aromatic rings. The number of aromatic nitrogens is 3. The Hall–Kier alpha value is -1.92. The molecule has 6 heteroatoms. The normalized spacial score (nSPS) is 10.4. The van der Waals surface area contributed by atoms with E-state index >= 15 is 0 Å². The van der Waals surface area contributed by atoms with E-state index < -0.39 is 0 Å². The van der Waals surface area contributed by atoms with E-state index in [1.54, 1.807) is 29.9 Å². The minimum Gasteiger partial charge on any atom is -0.297 e. The number of hydrogen-bond acceptors (Lipinski definition) is 6. The molecule has 3 aromatic heterocycles. The standard InChI is InChI=1S/C12H7N3OS2/c16-7-9-6-15-12(18-9)10-5-8(1-2-13-10)11-14-3-4-17-11/h1-7H. The summed E-state index contributed by atoms with van der Waals surface area (Å²) < 4.78 is 0. The van der Waals surface area contributed by atoms with E-state index in [0.29, 0.717) is 4.88 Å². The lowest BCUT2D eigenvalue weighted by atomic mass is 10.2. The molecule has 0 atom stereocenters. The van der Waals surface area contributed by atoms with Gasteiger partial charge in [-0.3, -0.25) is 9.78 Å². The quantitative estimate of drug-likeness (QED) is 0.688. The fourth-order valence-corrected chi connectivity index (χ4v) is 2.84. The van der Waals surface area contributed by atoms with E-state index in [-0.39, 0.29) is 0 Å². The summed E-state index contributed by atoms with van der Waals surface area (Å²) in [7, 11) is 0. The maximum absolute atomic E-state index is 10.6. The van der Waals surface area contributed by atoms with Crippen molar-refractivity contribution in [2.75, 3.05) is 0 Å². The minimum absolute atomic E-state index is 0.603. The molecule has 0 saturated carbocycles. The van der Waals surface area contributed by atoms with Crippen molar-refractivity contribution in [3.8, 4) is 21.3 Å². The summed E-state index contributed by atoms with van der Waals surface area (Å²) in [5, 5.41) is 3.63. The van der Waals surface area contributed by atoms with Crippen LogP contribution < -0.4 is 0 Å². The Morgan fingerprint density at radius 3 is 2.78 bits per heavy atom. The lowest BCUT2D eigenvalue weighted by molar-refractivity contribution is 0.112. The summed E-state index contributed by atoms with van der Waals surface area (Å²) in [5.41, 5.74) is 1.78. The maximum atomic E-state index is 10.6. The van der Waals surface area contributed by atoms with Crippen molar-refractivity contribution in [1.29, 1.82) is 0 Å². The van der Waals surface area contributed by atoms with Gasteiger partial charge in [0, 0.05) is 29.5 Å². The summed E-state index contributed by atoms with van der Waals surface area (Å²) >= 11 is 2.91. The van der Waals surface area contributed by atoms with Gasteiger partial charge in [-0.2, -0.15) is 0 Å². The van der Waals surface area contributed by atoms with Crippen molar-refractivity contribution in [3.05, 3.63) is 41.0 Å². The number of pyridine rings is 1. The first-order valence-electron chi connectivity index (χ1n) is 5.14. The summed E-state index contributed by atoms with van der Waals surface area (Å²) in [4.78, 5) is 24.0. The fourth-order valence-electron chi connectivity index (χ4n) is 1.51. The van der Waals surface area contributed by atoms with Crippen LogP contribution in [0.15, 0.2) is 36.1 Å². The van der Waals surface area contributed by atoms with E-state index in [1.165, 1.54) is 11.3 Å². The molecule has 0 aliphatic rings. The Bertz CT molecular complexity index is 676. The SMILES string of the molecule is O=Cc1cnc(-c2cc(-c3nccs3)ccn2)s1. The van der Waals surface area contributed by atoms with E-state index in [0.717, 1.165) is 27.6 Å². The second kappa shape index (κ2) is 4.75. The van der Waals surface area contributed by atoms with Crippen LogP contribution in [-0.4, -0.2) is 21.2 Å². The highest BCUT2D eigenvalue weighted by Crippen LogP contribution is 2.27. The molecular weight excluding hydrogens is 266 g/mol. The summed E-state index contributed by atoms with van der Waals surface area (Å²) in [6.45, 7) is 0. The number of nitrogens with zero attached hydrogens (tertiary/aromatic N) is 3. The van der Waals surface area contributed by atoms with Crippen LogP contribution in [0.25, 0.3) is 21.3 Å². The Balaban J connectivity index is 2.03.